The van der Waals surface area contributed by atoms with E-state index in [1.54, 1.807) is 0 Å². The number of hydrogen-bond donors (Lipinski definition) is 2. The average Bonchev–Trinajstić information content (AvgIpc) is 1.88. The van der Waals surface area contributed by atoms with Crippen molar-refractivity contribution in [2.75, 3.05) is 5.73 Å². The maximum Gasteiger partial charge on any atom is 0.0370 e. The lowest BCUT2D eigenvalue weighted by Crippen LogP contribution is -2.01. The van der Waals surface area contributed by atoms with E-state index in [2.05, 4.69) is 22.6 Å². The molecule has 0 aliphatic carbocycles. The Bertz CT molecular complexity index is 235. The highest BCUT2D eigenvalue weighted by molar-refractivity contribution is 14.1. The van der Waals surface area contributed by atoms with Gasteiger partial charge in [-0.05, 0) is 40.3 Å². The summed E-state index contributed by atoms with van der Waals surface area (Å²) in [5, 5.41) is 0. The van der Waals surface area contributed by atoms with Gasteiger partial charge in [0.05, 0.1) is 0 Å². The van der Waals surface area contributed by atoms with E-state index in [0.29, 0.717) is 6.54 Å². The van der Waals surface area contributed by atoms with Gasteiger partial charge in [-0.3, -0.25) is 0 Å². The number of hydrogen-bond acceptors (Lipinski definition) is 2. The van der Waals surface area contributed by atoms with Crippen LogP contribution in [0.1, 0.15) is 5.56 Å². The summed E-state index contributed by atoms with van der Waals surface area (Å²) in [6, 6.07) is 5.87. The van der Waals surface area contributed by atoms with E-state index in [0.717, 1.165) is 14.8 Å². The van der Waals surface area contributed by atoms with Gasteiger partial charge in [0.25, 0.3) is 0 Å². The second-order valence-corrected chi connectivity index (χ2v) is 3.29. The molecule has 1 aromatic carbocycles. The lowest BCUT2D eigenvalue weighted by Gasteiger charge is -2.01. The fraction of sp³-hybridized carbons (Fsp3) is 0.143. The minimum absolute atomic E-state index is 0.517. The molecule has 0 amide bonds. The largest absolute Gasteiger partial charge is 0.398 e. The zero-order chi connectivity index (χ0) is 7.56. The summed E-state index contributed by atoms with van der Waals surface area (Å²) >= 11 is 2.22. The van der Waals surface area contributed by atoms with Crippen LogP contribution in [0, 0.1) is 3.57 Å². The van der Waals surface area contributed by atoms with Gasteiger partial charge in [-0.1, -0.05) is 6.07 Å². The molecule has 0 fully saturated rings. The fourth-order valence-electron chi connectivity index (χ4n) is 0.752. The zero-order valence-corrected chi connectivity index (χ0v) is 7.63. The van der Waals surface area contributed by atoms with Crippen LogP contribution < -0.4 is 11.5 Å². The molecule has 1 aromatic rings. The number of nitrogens with two attached hydrogens (primary N) is 2. The molecule has 0 saturated carbocycles. The van der Waals surface area contributed by atoms with E-state index >= 15 is 0 Å². The van der Waals surface area contributed by atoms with Crippen LogP contribution >= 0.6 is 22.6 Å². The van der Waals surface area contributed by atoms with Crippen LogP contribution in [0.15, 0.2) is 18.2 Å². The van der Waals surface area contributed by atoms with E-state index in [-0.39, 0.29) is 0 Å². The minimum Gasteiger partial charge on any atom is -0.398 e. The molecule has 4 N–H and O–H groups in total. The SMILES string of the molecule is NCc1ccc(I)cc1N. The lowest BCUT2D eigenvalue weighted by atomic mass is 10.2. The van der Waals surface area contributed by atoms with E-state index in [1.165, 1.54) is 0 Å². The second kappa shape index (κ2) is 3.21. The summed E-state index contributed by atoms with van der Waals surface area (Å²) in [6.45, 7) is 0.517. The molecule has 0 heterocycles. The molecular weight excluding hydrogens is 239 g/mol. The summed E-state index contributed by atoms with van der Waals surface area (Å²) in [7, 11) is 0. The first-order chi connectivity index (χ1) is 4.74. The Morgan fingerprint density at radius 1 is 1.40 bits per heavy atom. The summed E-state index contributed by atoms with van der Waals surface area (Å²) in [4.78, 5) is 0. The molecule has 0 unspecified atom stereocenters. The Kier molecular flexibility index (Phi) is 2.50. The molecule has 0 spiro atoms. The number of benzene rings is 1. The van der Waals surface area contributed by atoms with Crippen molar-refractivity contribution in [3.63, 3.8) is 0 Å². The van der Waals surface area contributed by atoms with Crippen molar-refractivity contribution in [3.05, 3.63) is 27.3 Å². The Morgan fingerprint density at radius 3 is 2.60 bits per heavy atom. The highest BCUT2D eigenvalue weighted by Crippen LogP contribution is 2.14. The van der Waals surface area contributed by atoms with Crippen LogP contribution in [0.2, 0.25) is 0 Å². The van der Waals surface area contributed by atoms with E-state index in [1.807, 2.05) is 18.2 Å². The van der Waals surface area contributed by atoms with Gasteiger partial charge in [0.1, 0.15) is 0 Å². The molecule has 1 rings (SSSR count). The van der Waals surface area contributed by atoms with Crippen LogP contribution in [0.5, 0.6) is 0 Å². The molecule has 0 aliphatic heterocycles. The molecule has 0 aliphatic rings. The summed E-state index contributed by atoms with van der Waals surface area (Å²) in [5.41, 5.74) is 12.9. The van der Waals surface area contributed by atoms with Crippen LogP contribution in [-0.2, 0) is 6.54 Å². The maximum absolute atomic E-state index is 5.65. The Labute approximate surface area is 73.7 Å². The second-order valence-electron chi connectivity index (χ2n) is 2.05. The molecule has 10 heavy (non-hydrogen) atoms. The van der Waals surface area contributed by atoms with Crippen molar-refractivity contribution >= 4 is 28.3 Å². The maximum atomic E-state index is 5.65. The van der Waals surface area contributed by atoms with Gasteiger partial charge in [0.15, 0.2) is 0 Å². The monoisotopic (exact) mass is 248 g/mol. The molecule has 0 bridgehead atoms. The zero-order valence-electron chi connectivity index (χ0n) is 5.47. The van der Waals surface area contributed by atoms with Crippen molar-refractivity contribution in [3.8, 4) is 0 Å². The number of rotatable bonds is 1. The van der Waals surface area contributed by atoms with Crippen LogP contribution in [0.3, 0.4) is 0 Å². The standard InChI is InChI=1S/C7H9IN2/c8-6-2-1-5(4-9)7(10)3-6/h1-3H,4,9-10H2. The van der Waals surface area contributed by atoms with Crippen molar-refractivity contribution < 1.29 is 0 Å². The third kappa shape index (κ3) is 1.60. The number of anilines is 1. The molecule has 2 nitrogen and oxygen atoms in total. The average molecular weight is 248 g/mol. The first-order valence-corrected chi connectivity index (χ1v) is 4.06. The van der Waals surface area contributed by atoms with Crippen LogP contribution in [-0.4, -0.2) is 0 Å². The Morgan fingerprint density at radius 2 is 2.10 bits per heavy atom. The van der Waals surface area contributed by atoms with Gasteiger partial charge < -0.3 is 11.5 Å². The normalized spacial score (nSPS) is 9.80. The summed E-state index contributed by atoms with van der Waals surface area (Å²) in [5.74, 6) is 0. The van der Waals surface area contributed by atoms with E-state index < -0.39 is 0 Å². The fourth-order valence-corrected chi connectivity index (χ4v) is 1.27. The lowest BCUT2D eigenvalue weighted by molar-refractivity contribution is 1.07. The van der Waals surface area contributed by atoms with Crippen molar-refractivity contribution in [2.45, 2.75) is 6.54 Å². The molecule has 0 saturated heterocycles. The predicted octanol–water partition coefficient (Wildman–Crippen LogP) is 1.33. The molecular formula is C7H9IN2. The first kappa shape index (κ1) is 7.81. The van der Waals surface area contributed by atoms with Gasteiger partial charge in [-0.2, -0.15) is 0 Å². The first-order valence-electron chi connectivity index (χ1n) is 2.98. The highest BCUT2D eigenvalue weighted by atomic mass is 127. The van der Waals surface area contributed by atoms with E-state index in [4.69, 9.17) is 11.5 Å². The quantitative estimate of drug-likeness (QED) is 0.582. The molecule has 0 aromatic heterocycles. The smallest absolute Gasteiger partial charge is 0.0370 e. The minimum atomic E-state index is 0.517. The van der Waals surface area contributed by atoms with Gasteiger partial charge in [-0.25, -0.2) is 0 Å². The third-order valence-corrected chi connectivity index (χ3v) is 2.00. The summed E-state index contributed by atoms with van der Waals surface area (Å²) < 4.78 is 1.15. The van der Waals surface area contributed by atoms with Crippen molar-refractivity contribution in [1.82, 2.24) is 0 Å². The Balaban J connectivity index is 3.07. The van der Waals surface area contributed by atoms with Gasteiger partial charge >= 0.3 is 0 Å². The molecule has 3 heteroatoms. The highest BCUT2D eigenvalue weighted by Gasteiger charge is 1.95. The molecule has 54 valence electrons. The molecule has 0 atom stereocenters. The van der Waals surface area contributed by atoms with E-state index in [9.17, 15) is 0 Å². The van der Waals surface area contributed by atoms with Gasteiger partial charge in [0, 0.05) is 15.8 Å². The van der Waals surface area contributed by atoms with Gasteiger partial charge in [0.2, 0.25) is 0 Å². The molecule has 0 radical (unpaired) electrons. The topological polar surface area (TPSA) is 52.0 Å². The number of nitrogen functional groups attached to an aromatic ring is 1. The van der Waals surface area contributed by atoms with Crippen molar-refractivity contribution in [1.29, 1.82) is 0 Å². The van der Waals surface area contributed by atoms with Crippen molar-refractivity contribution in [2.24, 2.45) is 5.73 Å². The summed E-state index contributed by atoms with van der Waals surface area (Å²) in [6.07, 6.45) is 0. The third-order valence-electron chi connectivity index (χ3n) is 1.33. The number of halogens is 1. The predicted molar refractivity (Wildman–Crippen MR) is 51.5 cm³/mol. The van der Waals surface area contributed by atoms with Crippen LogP contribution in [0.25, 0.3) is 0 Å². The van der Waals surface area contributed by atoms with Crippen LogP contribution in [0.4, 0.5) is 5.69 Å². The van der Waals surface area contributed by atoms with Gasteiger partial charge in [-0.15, -0.1) is 0 Å². The Hall–Kier alpha value is -0.290.